The minimum atomic E-state index is -0.583. The van der Waals surface area contributed by atoms with E-state index in [0.717, 1.165) is 0 Å². The van der Waals surface area contributed by atoms with Gasteiger partial charge in [0, 0.05) is 36.2 Å². The zero-order valence-electron chi connectivity index (χ0n) is 16.8. The second-order valence-electron chi connectivity index (χ2n) is 8.28. The van der Waals surface area contributed by atoms with Crippen molar-refractivity contribution in [3.63, 3.8) is 0 Å². The number of amides is 1. The lowest BCUT2D eigenvalue weighted by Gasteiger charge is -2.24. The van der Waals surface area contributed by atoms with Crippen LogP contribution in [0.15, 0.2) is 23.2 Å². The topological polar surface area (TPSA) is 68.2 Å². The molecule has 0 atom stereocenters. The van der Waals surface area contributed by atoms with E-state index in [-0.39, 0.29) is 24.3 Å². The van der Waals surface area contributed by atoms with Gasteiger partial charge in [-0.15, -0.1) is 0 Å². The summed E-state index contributed by atoms with van der Waals surface area (Å²) < 4.78 is 11.0. The van der Waals surface area contributed by atoms with Gasteiger partial charge in [0.05, 0.1) is 5.54 Å². The summed E-state index contributed by atoms with van der Waals surface area (Å²) in [7, 11) is 1.60. The fraction of sp³-hybridized carbons (Fsp3) is 0.550. The second kappa shape index (κ2) is 7.89. The number of halogens is 1. The van der Waals surface area contributed by atoms with Crippen LogP contribution >= 0.6 is 11.6 Å². The monoisotopic (exact) mass is 394 g/mol. The van der Waals surface area contributed by atoms with Crippen molar-refractivity contribution in [1.82, 2.24) is 4.90 Å². The van der Waals surface area contributed by atoms with E-state index in [9.17, 15) is 9.59 Å². The molecular weight excluding hydrogens is 368 g/mol. The number of ether oxygens (including phenoxy) is 2. The maximum Gasteiger partial charge on any atom is 0.410 e. The summed E-state index contributed by atoms with van der Waals surface area (Å²) >= 11 is 6.09. The van der Waals surface area contributed by atoms with Crippen LogP contribution in [0.4, 0.5) is 4.79 Å². The molecule has 0 bridgehead atoms. The molecule has 1 aromatic carbocycles. The summed E-state index contributed by atoms with van der Waals surface area (Å²) in [6.45, 7) is 10.0. The molecule has 1 aromatic rings. The lowest BCUT2D eigenvalue weighted by Crippen LogP contribution is -2.35. The molecule has 27 heavy (non-hydrogen) atoms. The number of rotatable bonds is 5. The van der Waals surface area contributed by atoms with Crippen molar-refractivity contribution in [3.05, 3.63) is 34.3 Å². The van der Waals surface area contributed by atoms with Gasteiger partial charge in [-0.25, -0.2) is 9.79 Å². The fourth-order valence-corrected chi connectivity index (χ4v) is 2.66. The average Bonchev–Trinajstić information content (AvgIpc) is 2.90. The first-order valence-electron chi connectivity index (χ1n) is 8.88. The maximum atomic E-state index is 12.8. The molecular formula is C20H27ClN2O4. The van der Waals surface area contributed by atoms with Crippen LogP contribution in [-0.2, 0) is 9.47 Å². The Morgan fingerprint density at radius 1 is 1.33 bits per heavy atom. The Morgan fingerprint density at radius 3 is 2.56 bits per heavy atom. The van der Waals surface area contributed by atoms with Crippen LogP contribution in [0.2, 0.25) is 5.02 Å². The summed E-state index contributed by atoms with van der Waals surface area (Å²) in [5.41, 5.74) is 0.151. The Hall–Kier alpha value is -2.08. The van der Waals surface area contributed by atoms with E-state index in [0.29, 0.717) is 28.7 Å². The number of hydrogen-bond donors (Lipinski definition) is 0. The van der Waals surface area contributed by atoms with Crippen molar-refractivity contribution >= 4 is 29.4 Å². The minimum absolute atomic E-state index is 0.139. The molecule has 1 amide bonds. The van der Waals surface area contributed by atoms with Crippen LogP contribution in [0.5, 0.6) is 0 Å². The van der Waals surface area contributed by atoms with Crippen molar-refractivity contribution in [3.8, 4) is 0 Å². The number of carbonyl (C=O) groups excluding carboxylic acids is 2. The van der Waals surface area contributed by atoms with E-state index in [1.165, 1.54) is 4.90 Å². The van der Waals surface area contributed by atoms with Crippen LogP contribution in [0.25, 0.3) is 0 Å². The summed E-state index contributed by atoms with van der Waals surface area (Å²) in [4.78, 5) is 30.8. The van der Waals surface area contributed by atoms with Gasteiger partial charge in [0.2, 0.25) is 5.90 Å². The highest BCUT2D eigenvalue weighted by Crippen LogP contribution is 2.25. The highest BCUT2D eigenvalue weighted by Gasteiger charge is 2.29. The summed E-state index contributed by atoms with van der Waals surface area (Å²) in [5, 5.41) is 0.459. The quantitative estimate of drug-likeness (QED) is 0.697. The van der Waals surface area contributed by atoms with Gasteiger partial charge in [0.15, 0.2) is 5.78 Å². The molecule has 0 spiro atoms. The van der Waals surface area contributed by atoms with Gasteiger partial charge in [-0.05, 0) is 52.8 Å². The predicted octanol–water partition coefficient (Wildman–Crippen LogP) is 4.34. The maximum absolute atomic E-state index is 12.8. The zero-order valence-corrected chi connectivity index (χ0v) is 17.5. The molecule has 0 N–H and O–H groups in total. The van der Waals surface area contributed by atoms with E-state index >= 15 is 0 Å². The van der Waals surface area contributed by atoms with Crippen LogP contribution in [-0.4, -0.2) is 54.0 Å². The third-order valence-electron chi connectivity index (χ3n) is 3.86. The number of benzene rings is 1. The van der Waals surface area contributed by atoms with Gasteiger partial charge in [-0.2, -0.15) is 0 Å². The molecule has 0 saturated heterocycles. The summed E-state index contributed by atoms with van der Waals surface area (Å²) in [6.07, 6.45) is -0.327. The molecule has 1 aliphatic rings. The third-order valence-corrected chi connectivity index (χ3v) is 4.09. The molecule has 1 aliphatic heterocycles. The van der Waals surface area contributed by atoms with Crippen LogP contribution < -0.4 is 0 Å². The molecule has 148 valence electrons. The molecule has 0 radical (unpaired) electrons. The third kappa shape index (κ3) is 5.96. The molecule has 7 heteroatoms. The highest BCUT2D eigenvalue weighted by atomic mass is 35.5. The number of nitrogens with zero attached hydrogens (tertiary/aromatic N) is 2. The largest absolute Gasteiger partial charge is 0.475 e. The standard InChI is InChI=1S/C20H27ClN2O4/c1-19(2,3)27-18(25)23(6)10-9-16(24)15-11-13(21)7-8-14(15)17-22-20(4,5)12-26-17/h7-8,11H,9-10,12H2,1-6H3. The smallest absolute Gasteiger partial charge is 0.410 e. The van der Waals surface area contributed by atoms with Crippen LogP contribution in [0.3, 0.4) is 0 Å². The van der Waals surface area contributed by atoms with Gasteiger partial charge >= 0.3 is 6.09 Å². The predicted molar refractivity (Wildman–Crippen MR) is 106 cm³/mol. The van der Waals surface area contributed by atoms with Crippen molar-refractivity contribution < 1.29 is 19.1 Å². The molecule has 0 fully saturated rings. The van der Waals surface area contributed by atoms with Crippen molar-refractivity contribution in [2.24, 2.45) is 4.99 Å². The van der Waals surface area contributed by atoms with E-state index in [1.54, 1.807) is 46.0 Å². The Kier molecular flexibility index (Phi) is 6.20. The Balaban J connectivity index is 2.13. The van der Waals surface area contributed by atoms with Gasteiger partial charge in [-0.1, -0.05) is 11.6 Å². The zero-order chi connectivity index (χ0) is 20.4. The lowest BCUT2D eigenvalue weighted by atomic mass is 10.0. The lowest BCUT2D eigenvalue weighted by molar-refractivity contribution is 0.0298. The fourth-order valence-electron chi connectivity index (χ4n) is 2.49. The molecule has 0 aromatic heterocycles. The van der Waals surface area contributed by atoms with Crippen molar-refractivity contribution in [1.29, 1.82) is 0 Å². The molecule has 0 aliphatic carbocycles. The van der Waals surface area contributed by atoms with E-state index in [2.05, 4.69) is 4.99 Å². The van der Waals surface area contributed by atoms with Crippen LogP contribution in [0.1, 0.15) is 57.0 Å². The molecule has 0 unspecified atom stereocenters. The number of hydrogen-bond acceptors (Lipinski definition) is 5. The Bertz CT molecular complexity index is 766. The molecule has 1 heterocycles. The summed E-state index contributed by atoms with van der Waals surface area (Å²) in [6, 6.07) is 5.06. The SMILES string of the molecule is CN(CCC(=O)c1cc(Cl)ccc1C1=NC(C)(C)CO1)C(=O)OC(C)(C)C. The van der Waals surface area contributed by atoms with Gasteiger partial charge in [0.25, 0.3) is 0 Å². The first kappa shape index (κ1) is 21.2. The van der Waals surface area contributed by atoms with E-state index < -0.39 is 11.7 Å². The second-order valence-corrected chi connectivity index (χ2v) is 8.72. The minimum Gasteiger partial charge on any atom is -0.475 e. The van der Waals surface area contributed by atoms with Gasteiger partial charge < -0.3 is 14.4 Å². The van der Waals surface area contributed by atoms with E-state index in [1.807, 2.05) is 13.8 Å². The highest BCUT2D eigenvalue weighted by molar-refractivity contribution is 6.31. The first-order valence-corrected chi connectivity index (χ1v) is 9.26. The number of aliphatic imine (C=N–C) groups is 1. The number of carbonyl (C=O) groups is 2. The normalized spacial score (nSPS) is 15.7. The van der Waals surface area contributed by atoms with E-state index in [4.69, 9.17) is 21.1 Å². The number of Topliss-reactive ketones (excluding diaryl/α,β-unsaturated/α-hetero) is 1. The van der Waals surface area contributed by atoms with Gasteiger partial charge in [0.1, 0.15) is 12.2 Å². The average molecular weight is 395 g/mol. The first-order chi connectivity index (χ1) is 12.4. The molecule has 6 nitrogen and oxygen atoms in total. The summed E-state index contributed by atoms with van der Waals surface area (Å²) in [5.74, 6) is 0.305. The Labute approximate surface area is 165 Å². The number of ketones is 1. The van der Waals surface area contributed by atoms with Gasteiger partial charge in [-0.3, -0.25) is 4.79 Å². The van der Waals surface area contributed by atoms with Crippen molar-refractivity contribution in [2.75, 3.05) is 20.2 Å². The van der Waals surface area contributed by atoms with Crippen molar-refractivity contribution in [2.45, 2.75) is 52.2 Å². The van der Waals surface area contributed by atoms with Crippen LogP contribution in [0, 0.1) is 0 Å². The Morgan fingerprint density at radius 2 is 2.00 bits per heavy atom. The molecule has 2 rings (SSSR count). The molecule has 0 saturated carbocycles.